The molecule has 33 heavy (non-hydrogen) atoms. The number of aromatic nitrogens is 1. The molecule has 5 rings (SSSR count). The third-order valence-corrected chi connectivity index (χ3v) is 6.58. The predicted molar refractivity (Wildman–Crippen MR) is 129 cm³/mol. The van der Waals surface area contributed by atoms with Gasteiger partial charge in [0.2, 0.25) is 5.88 Å². The maximum Gasteiger partial charge on any atom is 0.219 e. The molecule has 0 N–H and O–H groups in total. The van der Waals surface area contributed by atoms with Crippen molar-refractivity contribution in [1.82, 2.24) is 9.88 Å². The van der Waals surface area contributed by atoms with E-state index in [1.165, 1.54) is 0 Å². The van der Waals surface area contributed by atoms with Gasteiger partial charge in [0.25, 0.3) is 0 Å². The van der Waals surface area contributed by atoms with Gasteiger partial charge in [-0.15, -0.1) is 0 Å². The van der Waals surface area contributed by atoms with Crippen molar-refractivity contribution in [2.45, 2.75) is 6.54 Å². The van der Waals surface area contributed by atoms with Gasteiger partial charge in [-0.2, -0.15) is 0 Å². The number of nitrogens with zero attached hydrogens (tertiary/aromatic N) is 2. The van der Waals surface area contributed by atoms with Gasteiger partial charge in [0.15, 0.2) is 11.5 Å². The van der Waals surface area contributed by atoms with Crippen LogP contribution in [0.2, 0.25) is 10.0 Å². The zero-order valence-electron chi connectivity index (χ0n) is 18.3. The predicted octanol–water partition coefficient (Wildman–Crippen LogP) is 5.33. The summed E-state index contributed by atoms with van der Waals surface area (Å²) in [5.41, 5.74) is 4.12. The normalized spacial score (nSPS) is 16.0. The Morgan fingerprint density at radius 1 is 0.939 bits per heavy atom. The molecule has 172 valence electrons. The van der Waals surface area contributed by atoms with Crippen LogP contribution in [0.1, 0.15) is 5.56 Å². The van der Waals surface area contributed by atoms with Crippen LogP contribution in [-0.2, 0) is 11.3 Å². The monoisotopic (exact) mass is 486 g/mol. The molecule has 0 spiro atoms. The van der Waals surface area contributed by atoms with Gasteiger partial charge in [-0.25, -0.2) is 4.98 Å². The minimum absolute atomic E-state index is 0.504. The number of hydrogen-bond acceptors (Lipinski definition) is 6. The van der Waals surface area contributed by atoms with E-state index in [0.717, 1.165) is 46.8 Å². The lowest BCUT2D eigenvalue weighted by Gasteiger charge is -2.27. The molecule has 3 aromatic rings. The van der Waals surface area contributed by atoms with E-state index >= 15 is 0 Å². The smallest absolute Gasteiger partial charge is 0.219 e. The molecule has 1 aromatic heterocycles. The summed E-state index contributed by atoms with van der Waals surface area (Å²) >= 11 is 13.6. The number of benzene rings is 2. The molecule has 0 aliphatic carbocycles. The molecule has 0 radical (unpaired) electrons. The fourth-order valence-corrected chi connectivity index (χ4v) is 4.69. The third kappa shape index (κ3) is 4.62. The summed E-state index contributed by atoms with van der Waals surface area (Å²) in [7, 11) is 1.61. The van der Waals surface area contributed by atoms with E-state index < -0.39 is 0 Å². The highest BCUT2D eigenvalue weighted by atomic mass is 35.5. The standard InChI is InChI=1S/C25H24Cl2N2O4/c1-30-25-19(15-29-7-9-31-10-8-29)20(26)14-21(28-25)18-4-2-3-17(24(18)27)16-5-6-22-23(13-16)33-12-11-32-22/h2-6,13-14H,7-12,15H2,1H3. The van der Waals surface area contributed by atoms with Gasteiger partial charge in [0.05, 0.1) is 36.1 Å². The Labute approximate surface area is 202 Å². The molecule has 2 aromatic carbocycles. The Balaban J connectivity index is 1.50. The van der Waals surface area contributed by atoms with Crippen LogP contribution < -0.4 is 14.2 Å². The largest absolute Gasteiger partial charge is 0.486 e. The van der Waals surface area contributed by atoms with Gasteiger partial charge >= 0.3 is 0 Å². The molecule has 0 saturated carbocycles. The third-order valence-electron chi connectivity index (χ3n) is 5.84. The molecule has 8 heteroatoms. The summed E-state index contributed by atoms with van der Waals surface area (Å²) in [6.07, 6.45) is 0. The number of halogens is 2. The quantitative estimate of drug-likeness (QED) is 0.485. The van der Waals surface area contributed by atoms with Gasteiger partial charge in [0.1, 0.15) is 13.2 Å². The number of methoxy groups -OCH3 is 1. The Morgan fingerprint density at radius 3 is 2.48 bits per heavy atom. The van der Waals surface area contributed by atoms with Crippen LogP contribution >= 0.6 is 23.2 Å². The van der Waals surface area contributed by atoms with E-state index in [2.05, 4.69) is 4.90 Å². The first-order chi connectivity index (χ1) is 16.1. The highest BCUT2D eigenvalue weighted by Gasteiger charge is 2.21. The second-order valence-corrected chi connectivity index (χ2v) is 8.68. The number of ether oxygens (including phenoxy) is 4. The van der Waals surface area contributed by atoms with Crippen molar-refractivity contribution in [3.05, 3.63) is 58.1 Å². The lowest BCUT2D eigenvalue weighted by molar-refractivity contribution is 0.0338. The van der Waals surface area contributed by atoms with Crippen LogP contribution in [0.3, 0.4) is 0 Å². The van der Waals surface area contributed by atoms with E-state index in [-0.39, 0.29) is 0 Å². The van der Waals surface area contributed by atoms with Crippen molar-refractivity contribution >= 4 is 23.2 Å². The Hall–Kier alpha value is -2.51. The van der Waals surface area contributed by atoms with Crippen LogP contribution in [-0.4, -0.2) is 56.5 Å². The van der Waals surface area contributed by atoms with Gasteiger partial charge in [0, 0.05) is 36.3 Å². The maximum atomic E-state index is 6.89. The average Bonchev–Trinajstić information content (AvgIpc) is 2.85. The first kappa shape index (κ1) is 22.3. The molecule has 3 heterocycles. The average molecular weight is 487 g/mol. The number of rotatable bonds is 5. The molecular formula is C25H24Cl2N2O4. The van der Waals surface area contributed by atoms with Gasteiger partial charge in [-0.05, 0) is 23.8 Å². The lowest BCUT2D eigenvalue weighted by atomic mass is 10.00. The molecule has 1 saturated heterocycles. The second kappa shape index (κ2) is 9.77. The van der Waals surface area contributed by atoms with Crippen LogP contribution in [0.15, 0.2) is 42.5 Å². The Kier molecular flexibility index (Phi) is 6.60. The van der Waals surface area contributed by atoms with Crippen molar-refractivity contribution in [2.75, 3.05) is 46.6 Å². The molecule has 6 nitrogen and oxygen atoms in total. The van der Waals surface area contributed by atoms with E-state index in [4.69, 9.17) is 47.1 Å². The molecule has 2 aliphatic heterocycles. The minimum Gasteiger partial charge on any atom is -0.486 e. The fraction of sp³-hybridized carbons (Fsp3) is 0.320. The summed E-state index contributed by atoms with van der Waals surface area (Å²) in [5.74, 6) is 1.96. The summed E-state index contributed by atoms with van der Waals surface area (Å²) < 4.78 is 22.4. The Morgan fingerprint density at radius 2 is 1.70 bits per heavy atom. The van der Waals surface area contributed by atoms with Gasteiger partial charge in [-0.1, -0.05) is 47.5 Å². The van der Waals surface area contributed by atoms with Crippen LogP contribution in [0.4, 0.5) is 0 Å². The van der Waals surface area contributed by atoms with E-state index in [1.54, 1.807) is 7.11 Å². The van der Waals surface area contributed by atoms with Crippen LogP contribution in [0.5, 0.6) is 17.4 Å². The number of pyridine rings is 1. The highest BCUT2D eigenvalue weighted by molar-refractivity contribution is 6.36. The van der Waals surface area contributed by atoms with E-state index in [9.17, 15) is 0 Å². The van der Waals surface area contributed by atoms with E-state index in [0.29, 0.717) is 54.6 Å². The van der Waals surface area contributed by atoms with Crippen molar-refractivity contribution in [3.8, 4) is 39.8 Å². The van der Waals surface area contributed by atoms with Crippen LogP contribution in [0, 0.1) is 0 Å². The highest BCUT2D eigenvalue weighted by Crippen LogP contribution is 2.41. The zero-order chi connectivity index (χ0) is 22.8. The zero-order valence-corrected chi connectivity index (χ0v) is 19.8. The summed E-state index contributed by atoms with van der Waals surface area (Å²) in [5, 5.41) is 1.19. The van der Waals surface area contributed by atoms with Crippen molar-refractivity contribution in [2.24, 2.45) is 0 Å². The van der Waals surface area contributed by atoms with E-state index in [1.807, 2.05) is 42.5 Å². The number of morpholine rings is 1. The molecule has 1 fully saturated rings. The van der Waals surface area contributed by atoms with Crippen molar-refractivity contribution in [3.63, 3.8) is 0 Å². The molecule has 0 amide bonds. The molecule has 2 aliphatic rings. The molecular weight excluding hydrogens is 463 g/mol. The first-order valence-corrected chi connectivity index (χ1v) is 11.6. The fourth-order valence-electron chi connectivity index (χ4n) is 4.11. The van der Waals surface area contributed by atoms with Gasteiger partial charge in [-0.3, -0.25) is 4.90 Å². The summed E-state index contributed by atoms with van der Waals surface area (Å²) in [6.45, 7) is 4.88. The topological polar surface area (TPSA) is 53.0 Å². The number of fused-ring (bicyclic) bond motifs is 1. The van der Waals surface area contributed by atoms with Crippen molar-refractivity contribution < 1.29 is 18.9 Å². The molecule has 0 unspecified atom stereocenters. The Bertz CT molecular complexity index is 1170. The van der Waals surface area contributed by atoms with Gasteiger partial charge < -0.3 is 18.9 Å². The van der Waals surface area contributed by atoms with Crippen LogP contribution in [0.25, 0.3) is 22.4 Å². The minimum atomic E-state index is 0.504. The lowest BCUT2D eigenvalue weighted by Crippen LogP contribution is -2.35. The molecule has 0 bridgehead atoms. The summed E-state index contributed by atoms with van der Waals surface area (Å²) in [6, 6.07) is 13.6. The maximum absolute atomic E-state index is 6.89. The van der Waals surface area contributed by atoms with Crippen molar-refractivity contribution in [1.29, 1.82) is 0 Å². The SMILES string of the molecule is COc1nc(-c2cccc(-c3ccc4c(c3)OCCO4)c2Cl)cc(Cl)c1CN1CCOCC1. The molecule has 0 atom stereocenters. The second-order valence-electron chi connectivity index (χ2n) is 7.89. The summed E-state index contributed by atoms with van der Waals surface area (Å²) in [4.78, 5) is 7.04. The number of hydrogen-bond donors (Lipinski definition) is 0. The first-order valence-electron chi connectivity index (χ1n) is 10.9.